The number of amides is 1. The highest BCUT2D eigenvalue weighted by Gasteiger charge is 2.36. The van der Waals surface area contributed by atoms with E-state index in [2.05, 4.69) is 20.1 Å². The highest BCUT2D eigenvalue weighted by atomic mass is 32.2. The van der Waals surface area contributed by atoms with Crippen molar-refractivity contribution in [2.45, 2.75) is 85.8 Å². The second-order valence-corrected chi connectivity index (χ2v) is 12.3. The number of anilines is 1. The number of nitrogens with one attached hydrogen (secondary N) is 1. The van der Waals surface area contributed by atoms with Gasteiger partial charge in [-0.1, -0.05) is 43.2 Å². The Balaban J connectivity index is 1.27. The summed E-state index contributed by atoms with van der Waals surface area (Å²) in [5, 5.41) is 12.3. The first-order valence-corrected chi connectivity index (χ1v) is 14.3. The fourth-order valence-corrected chi connectivity index (χ4v) is 6.96. The quantitative estimate of drug-likeness (QED) is 0.531. The lowest BCUT2D eigenvalue weighted by molar-refractivity contribution is -0.113. The molecule has 0 unspecified atom stereocenters. The van der Waals surface area contributed by atoms with Gasteiger partial charge in [-0.3, -0.25) is 4.79 Å². The van der Waals surface area contributed by atoms with E-state index < -0.39 is 10.0 Å². The maximum absolute atomic E-state index is 13.4. The molecule has 3 saturated carbocycles. The van der Waals surface area contributed by atoms with E-state index in [1.54, 1.807) is 31.3 Å². The van der Waals surface area contributed by atoms with Crippen molar-refractivity contribution in [2.75, 3.05) is 18.1 Å². The minimum Gasteiger partial charge on any atom is -0.324 e. The van der Waals surface area contributed by atoms with Crippen molar-refractivity contribution in [1.29, 1.82) is 0 Å². The van der Waals surface area contributed by atoms with Crippen LogP contribution < -0.4 is 5.32 Å². The molecule has 0 spiro atoms. The lowest BCUT2D eigenvalue weighted by atomic mass is 9.96. The molecule has 2 aromatic rings. The van der Waals surface area contributed by atoms with Crippen LogP contribution in [0.4, 0.5) is 5.69 Å². The third kappa shape index (κ3) is 4.97. The molecule has 1 aromatic carbocycles. The van der Waals surface area contributed by atoms with E-state index in [0.29, 0.717) is 17.6 Å². The molecule has 0 radical (unpaired) electrons. The van der Waals surface area contributed by atoms with Crippen molar-refractivity contribution in [3.05, 3.63) is 30.1 Å². The zero-order chi connectivity index (χ0) is 23.0. The lowest BCUT2D eigenvalue weighted by Gasteiger charge is -2.30. The number of aromatic nitrogens is 3. The van der Waals surface area contributed by atoms with Gasteiger partial charge in [-0.15, -0.1) is 10.2 Å². The first-order chi connectivity index (χ1) is 15.9. The smallest absolute Gasteiger partial charge is 0.245 e. The summed E-state index contributed by atoms with van der Waals surface area (Å²) in [5.41, 5.74) is 0.327. The van der Waals surface area contributed by atoms with Crippen LogP contribution >= 0.6 is 11.8 Å². The van der Waals surface area contributed by atoms with Crippen molar-refractivity contribution >= 4 is 33.4 Å². The summed E-state index contributed by atoms with van der Waals surface area (Å²) in [6, 6.07) is 7.14. The Labute approximate surface area is 199 Å². The maximum Gasteiger partial charge on any atom is 0.245 e. The summed E-state index contributed by atoms with van der Waals surface area (Å²) < 4.78 is 30.4. The summed E-state index contributed by atoms with van der Waals surface area (Å²) in [6.07, 6.45) is 9.62. The van der Waals surface area contributed by atoms with Crippen LogP contribution in [0.15, 0.2) is 34.3 Å². The molecule has 0 atom stereocenters. The molecular weight excluding hydrogens is 458 g/mol. The zero-order valence-electron chi connectivity index (χ0n) is 18.9. The first-order valence-electron chi connectivity index (χ1n) is 11.9. The van der Waals surface area contributed by atoms with Gasteiger partial charge >= 0.3 is 0 Å². The standard InChI is InChI=1S/C23H31N5O3S2/c1-27(17-7-3-2-4-8-17)33(30,31)20-10-6-5-9-19(20)24-21(29)15-32-23-26-25-22(16-11-12-16)28(23)18-13-14-18/h5-6,9-10,16-18H,2-4,7-8,11-15H2,1H3,(H,24,29). The molecule has 178 valence electrons. The van der Waals surface area contributed by atoms with Gasteiger partial charge in [0.2, 0.25) is 15.9 Å². The molecule has 3 fully saturated rings. The van der Waals surface area contributed by atoms with Gasteiger partial charge in [-0.2, -0.15) is 4.31 Å². The summed E-state index contributed by atoms with van der Waals surface area (Å²) >= 11 is 1.37. The van der Waals surface area contributed by atoms with Gasteiger partial charge in [0.1, 0.15) is 10.7 Å². The average Bonchev–Trinajstić information content (AvgIpc) is 3.77. The molecule has 0 saturated heterocycles. The van der Waals surface area contributed by atoms with E-state index >= 15 is 0 Å². The van der Waals surface area contributed by atoms with E-state index in [1.165, 1.54) is 16.1 Å². The predicted octanol–water partition coefficient (Wildman–Crippen LogP) is 4.17. The van der Waals surface area contributed by atoms with Crippen molar-refractivity contribution < 1.29 is 13.2 Å². The minimum absolute atomic E-state index is 0.0116. The molecule has 3 aliphatic rings. The van der Waals surface area contributed by atoms with Crippen LogP contribution in [0.2, 0.25) is 0 Å². The molecule has 0 aliphatic heterocycles. The Bertz CT molecular complexity index is 1120. The Kier molecular flexibility index (Phi) is 6.50. The topological polar surface area (TPSA) is 97.2 Å². The number of hydrogen-bond acceptors (Lipinski definition) is 6. The number of nitrogens with zero attached hydrogens (tertiary/aromatic N) is 4. The van der Waals surface area contributed by atoms with Gasteiger partial charge in [0.15, 0.2) is 5.16 Å². The zero-order valence-corrected chi connectivity index (χ0v) is 20.6. The SMILES string of the molecule is CN(C1CCCCC1)S(=O)(=O)c1ccccc1NC(=O)CSc1nnc(C2CC2)n1C1CC1. The predicted molar refractivity (Wildman–Crippen MR) is 128 cm³/mol. The van der Waals surface area contributed by atoms with Crippen LogP contribution in [0, 0.1) is 0 Å². The van der Waals surface area contributed by atoms with Crippen LogP contribution in [0.25, 0.3) is 0 Å². The molecule has 5 rings (SSSR count). The number of sulfonamides is 1. The number of carbonyl (C=O) groups is 1. The third-order valence-electron chi connectivity index (χ3n) is 6.78. The highest BCUT2D eigenvalue weighted by Crippen LogP contribution is 2.46. The summed E-state index contributed by atoms with van der Waals surface area (Å²) in [5.74, 6) is 1.48. The van der Waals surface area contributed by atoms with Gasteiger partial charge in [0.25, 0.3) is 0 Å². The Morgan fingerprint density at radius 1 is 1.09 bits per heavy atom. The molecule has 1 aromatic heterocycles. The molecule has 1 heterocycles. The second kappa shape index (κ2) is 9.38. The van der Waals surface area contributed by atoms with E-state index in [1.807, 2.05) is 0 Å². The normalized spacial score (nSPS) is 19.7. The molecule has 33 heavy (non-hydrogen) atoms. The van der Waals surface area contributed by atoms with E-state index in [4.69, 9.17) is 0 Å². The van der Waals surface area contributed by atoms with Gasteiger partial charge in [0, 0.05) is 25.0 Å². The van der Waals surface area contributed by atoms with Crippen LogP contribution in [0.5, 0.6) is 0 Å². The van der Waals surface area contributed by atoms with Gasteiger partial charge in [-0.25, -0.2) is 8.42 Å². The number of rotatable bonds is 9. The molecule has 3 aliphatic carbocycles. The lowest BCUT2D eigenvalue weighted by Crippen LogP contribution is -2.38. The molecular formula is C23H31N5O3S2. The van der Waals surface area contributed by atoms with Gasteiger partial charge in [0.05, 0.1) is 11.4 Å². The summed E-state index contributed by atoms with van der Waals surface area (Å²) in [7, 11) is -2.05. The molecule has 0 bridgehead atoms. The number of benzene rings is 1. The molecule has 10 heteroatoms. The van der Waals surface area contributed by atoms with E-state index in [9.17, 15) is 13.2 Å². The fourth-order valence-electron chi connectivity index (χ4n) is 4.59. The van der Waals surface area contributed by atoms with E-state index in [-0.39, 0.29) is 22.6 Å². The molecule has 1 amide bonds. The summed E-state index contributed by atoms with van der Waals surface area (Å²) in [4.78, 5) is 12.9. The van der Waals surface area contributed by atoms with Crippen molar-refractivity contribution in [3.63, 3.8) is 0 Å². The maximum atomic E-state index is 13.4. The molecule has 8 nitrogen and oxygen atoms in total. The van der Waals surface area contributed by atoms with Crippen LogP contribution in [-0.4, -0.2) is 52.2 Å². The first kappa shape index (κ1) is 22.9. The summed E-state index contributed by atoms with van der Waals surface area (Å²) in [6.45, 7) is 0. The third-order valence-corrected chi connectivity index (χ3v) is 9.70. The number of carbonyl (C=O) groups excluding carboxylic acids is 1. The largest absolute Gasteiger partial charge is 0.324 e. The van der Waals surface area contributed by atoms with Crippen LogP contribution in [0.1, 0.15) is 75.6 Å². The molecule has 1 N–H and O–H groups in total. The number of para-hydroxylation sites is 1. The van der Waals surface area contributed by atoms with Crippen molar-refractivity contribution in [1.82, 2.24) is 19.1 Å². The Morgan fingerprint density at radius 2 is 1.82 bits per heavy atom. The van der Waals surface area contributed by atoms with Crippen LogP contribution in [0.3, 0.4) is 0 Å². The van der Waals surface area contributed by atoms with Gasteiger partial charge in [-0.05, 0) is 50.7 Å². The Morgan fingerprint density at radius 3 is 2.52 bits per heavy atom. The highest BCUT2D eigenvalue weighted by molar-refractivity contribution is 7.99. The van der Waals surface area contributed by atoms with E-state index in [0.717, 1.165) is 68.8 Å². The minimum atomic E-state index is -3.71. The average molecular weight is 490 g/mol. The Hall–Kier alpha value is -1.91. The number of hydrogen-bond donors (Lipinski definition) is 1. The second-order valence-electron chi connectivity index (χ2n) is 9.36. The van der Waals surface area contributed by atoms with Crippen LogP contribution in [-0.2, 0) is 14.8 Å². The van der Waals surface area contributed by atoms with Crippen molar-refractivity contribution in [3.8, 4) is 0 Å². The van der Waals surface area contributed by atoms with Gasteiger partial charge < -0.3 is 9.88 Å². The number of thioether (sulfide) groups is 1. The fraction of sp³-hybridized carbons (Fsp3) is 0.609. The van der Waals surface area contributed by atoms with Crippen molar-refractivity contribution in [2.24, 2.45) is 0 Å². The monoisotopic (exact) mass is 489 g/mol.